The average molecular weight is 349 g/mol. The highest BCUT2D eigenvalue weighted by Gasteiger charge is 2.41. The number of anilines is 1. The van der Waals surface area contributed by atoms with E-state index in [4.69, 9.17) is 9.47 Å². The van der Waals surface area contributed by atoms with Crippen LogP contribution in [-0.4, -0.2) is 46.8 Å². The zero-order valence-electron chi connectivity index (χ0n) is 14.7. The van der Waals surface area contributed by atoms with E-state index in [0.717, 1.165) is 5.69 Å². The number of carbonyl (C=O) groups excluding carboxylic acids is 1. The van der Waals surface area contributed by atoms with Crippen LogP contribution in [0.15, 0.2) is 18.2 Å². The lowest BCUT2D eigenvalue weighted by atomic mass is 9.89. The van der Waals surface area contributed by atoms with Crippen molar-refractivity contribution in [1.82, 2.24) is 4.90 Å². The fourth-order valence-corrected chi connectivity index (χ4v) is 3.08. The minimum Gasteiger partial charge on any atom is -0.483 e. The van der Waals surface area contributed by atoms with Crippen LogP contribution in [0.1, 0.15) is 33.6 Å². The van der Waals surface area contributed by atoms with Gasteiger partial charge in [0, 0.05) is 32.0 Å². The number of non-ortho nitro benzene ring substituents is 1. The summed E-state index contributed by atoms with van der Waals surface area (Å²) in [5.74, 6) is 0.492. The lowest BCUT2D eigenvalue weighted by molar-refractivity contribution is -0.385. The van der Waals surface area contributed by atoms with Crippen molar-refractivity contribution in [3.8, 4) is 5.75 Å². The number of benzene rings is 1. The smallest absolute Gasteiger partial charge is 0.410 e. The molecule has 1 fully saturated rings. The standard InChI is InChI=1S/C17H23N3O5/c1-16(2,3)25-15(21)19-8-6-17(7-9-19)11-18-13-5-4-12(20(22)23)10-14(13)24-17/h4-5,10,18H,6-9,11H2,1-3H3. The third kappa shape index (κ3) is 3.78. The number of nitrogens with zero attached hydrogens (tertiary/aromatic N) is 2. The van der Waals surface area contributed by atoms with Crippen LogP contribution in [0.25, 0.3) is 0 Å². The Balaban J connectivity index is 1.67. The number of fused-ring (bicyclic) bond motifs is 1. The summed E-state index contributed by atoms with van der Waals surface area (Å²) in [6.45, 7) is 7.19. The molecule has 136 valence electrons. The lowest BCUT2D eigenvalue weighted by Gasteiger charge is -2.44. The van der Waals surface area contributed by atoms with Crippen LogP contribution in [0, 0.1) is 10.1 Å². The molecule has 0 saturated carbocycles. The summed E-state index contributed by atoms with van der Waals surface area (Å²) in [4.78, 5) is 24.4. The fourth-order valence-electron chi connectivity index (χ4n) is 3.08. The van der Waals surface area contributed by atoms with E-state index < -0.39 is 16.1 Å². The first-order chi connectivity index (χ1) is 11.7. The quantitative estimate of drug-likeness (QED) is 0.618. The fraction of sp³-hybridized carbons (Fsp3) is 0.588. The highest BCUT2D eigenvalue weighted by atomic mass is 16.6. The number of likely N-dealkylation sites (tertiary alicyclic amines) is 1. The van der Waals surface area contributed by atoms with Crippen LogP contribution in [0.3, 0.4) is 0 Å². The molecule has 2 aliphatic rings. The SMILES string of the molecule is CC(C)(C)OC(=O)N1CCC2(CC1)CNc1ccc([N+](=O)[O-])cc1O2. The largest absolute Gasteiger partial charge is 0.483 e. The van der Waals surface area contributed by atoms with Crippen LogP contribution >= 0.6 is 0 Å². The van der Waals surface area contributed by atoms with Crippen LogP contribution < -0.4 is 10.1 Å². The number of hydrogen-bond donors (Lipinski definition) is 1. The molecule has 0 unspecified atom stereocenters. The predicted molar refractivity (Wildman–Crippen MR) is 92.0 cm³/mol. The number of rotatable bonds is 1. The van der Waals surface area contributed by atoms with Crippen molar-refractivity contribution >= 4 is 17.5 Å². The summed E-state index contributed by atoms with van der Waals surface area (Å²) < 4.78 is 11.5. The van der Waals surface area contributed by atoms with Gasteiger partial charge in [-0.25, -0.2) is 4.79 Å². The Morgan fingerprint density at radius 3 is 2.64 bits per heavy atom. The summed E-state index contributed by atoms with van der Waals surface area (Å²) in [5.41, 5.74) is -0.220. The van der Waals surface area contributed by atoms with E-state index in [0.29, 0.717) is 38.2 Å². The minimum atomic E-state index is -0.521. The van der Waals surface area contributed by atoms with E-state index in [2.05, 4.69) is 5.32 Å². The number of amides is 1. The molecule has 1 aromatic carbocycles. The van der Waals surface area contributed by atoms with Crippen molar-refractivity contribution in [2.75, 3.05) is 25.0 Å². The number of carbonyl (C=O) groups is 1. The molecule has 0 aliphatic carbocycles. The topological polar surface area (TPSA) is 93.9 Å². The summed E-state index contributed by atoms with van der Waals surface area (Å²) in [7, 11) is 0. The van der Waals surface area contributed by atoms with E-state index in [1.165, 1.54) is 12.1 Å². The molecule has 0 aromatic heterocycles. The Kier molecular flexibility index (Phi) is 4.22. The minimum absolute atomic E-state index is 0.00351. The zero-order chi connectivity index (χ0) is 18.2. The summed E-state index contributed by atoms with van der Waals surface area (Å²) in [6.07, 6.45) is 0.963. The normalized spacial score (nSPS) is 18.8. The van der Waals surface area contributed by atoms with E-state index >= 15 is 0 Å². The molecule has 0 radical (unpaired) electrons. The number of ether oxygens (including phenoxy) is 2. The highest BCUT2D eigenvalue weighted by Crippen LogP contribution is 2.39. The van der Waals surface area contributed by atoms with Gasteiger partial charge >= 0.3 is 6.09 Å². The Labute approximate surface area is 146 Å². The van der Waals surface area contributed by atoms with Gasteiger partial charge in [-0.2, -0.15) is 0 Å². The molecular weight excluding hydrogens is 326 g/mol. The van der Waals surface area contributed by atoms with Gasteiger partial charge in [0.2, 0.25) is 0 Å². The van der Waals surface area contributed by atoms with Crippen molar-refractivity contribution in [3.63, 3.8) is 0 Å². The molecule has 8 heteroatoms. The van der Waals surface area contributed by atoms with E-state index in [1.807, 2.05) is 20.8 Å². The summed E-state index contributed by atoms with van der Waals surface area (Å²) in [5, 5.41) is 14.2. The molecule has 1 spiro atoms. The Hall–Kier alpha value is -2.51. The highest BCUT2D eigenvalue weighted by molar-refractivity contribution is 5.68. The number of hydrogen-bond acceptors (Lipinski definition) is 6. The number of nitrogens with one attached hydrogen (secondary N) is 1. The van der Waals surface area contributed by atoms with Gasteiger partial charge in [-0.3, -0.25) is 10.1 Å². The second kappa shape index (κ2) is 6.09. The molecule has 2 aliphatic heterocycles. The van der Waals surface area contributed by atoms with Crippen molar-refractivity contribution in [3.05, 3.63) is 28.3 Å². The molecule has 1 amide bonds. The van der Waals surface area contributed by atoms with Crippen molar-refractivity contribution in [2.45, 2.75) is 44.8 Å². The molecule has 2 heterocycles. The maximum absolute atomic E-state index is 12.2. The van der Waals surface area contributed by atoms with Crippen LogP contribution in [-0.2, 0) is 4.74 Å². The molecule has 25 heavy (non-hydrogen) atoms. The first kappa shape index (κ1) is 17.3. The van der Waals surface area contributed by atoms with E-state index in [1.54, 1.807) is 11.0 Å². The molecule has 3 rings (SSSR count). The van der Waals surface area contributed by atoms with E-state index in [-0.39, 0.29) is 11.8 Å². The first-order valence-electron chi connectivity index (χ1n) is 8.37. The molecule has 0 atom stereocenters. The van der Waals surface area contributed by atoms with E-state index in [9.17, 15) is 14.9 Å². The van der Waals surface area contributed by atoms with Gasteiger partial charge in [0.1, 0.15) is 17.0 Å². The molecule has 8 nitrogen and oxygen atoms in total. The first-order valence-corrected chi connectivity index (χ1v) is 8.37. The lowest BCUT2D eigenvalue weighted by Crippen LogP contribution is -2.55. The third-order valence-electron chi connectivity index (χ3n) is 4.43. The average Bonchev–Trinajstić information content (AvgIpc) is 2.53. The van der Waals surface area contributed by atoms with Gasteiger partial charge < -0.3 is 19.7 Å². The molecule has 1 aromatic rings. The molecular formula is C17H23N3O5. The van der Waals surface area contributed by atoms with Crippen molar-refractivity contribution < 1.29 is 19.2 Å². The Morgan fingerprint density at radius 1 is 1.36 bits per heavy atom. The van der Waals surface area contributed by atoms with Crippen LogP contribution in [0.5, 0.6) is 5.75 Å². The number of nitro groups is 1. The monoisotopic (exact) mass is 349 g/mol. The van der Waals surface area contributed by atoms with Crippen LogP contribution in [0.4, 0.5) is 16.2 Å². The van der Waals surface area contributed by atoms with Gasteiger partial charge in [-0.05, 0) is 26.8 Å². The van der Waals surface area contributed by atoms with Gasteiger partial charge in [-0.1, -0.05) is 0 Å². The zero-order valence-corrected chi connectivity index (χ0v) is 14.7. The second-order valence-electron chi connectivity index (χ2n) is 7.54. The van der Waals surface area contributed by atoms with Gasteiger partial charge in [0.25, 0.3) is 5.69 Å². The summed E-state index contributed by atoms with van der Waals surface area (Å²) >= 11 is 0. The molecule has 1 saturated heterocycles. The molecule has 0 bridgehead atoms. The second-order valence-corrected chi connectivity index (χ2v) is 7.54. The van der Waals surface area contributed by atoms with Gasteiger partial charge in [0.15, 0.2) is 0 Å². The van der Waals surface area contributed by atoms with Gasteiger partial charge in [-0.15, -0.1) is 0 Å². The predicted octanol–water partition coefficient (Wildman–Crippen LogP) is 3.17. The van der Waals surface area contributed by atoms with Crippen molar-refractivity contribution in [1.29, 1.82) is 0 Å². The van der Waals surface area contributed by atoms with Crippen molar-refractivity contribution in [2.24, 2.45) is 0 Å². The molecule has 1 N–H and O–H groups in total. The Bertz CT molecular complexity index is 690. The maximum Gasteiger partial charge on any atom is 0.410 e. The van der Waals surface area contributed by atoms with Gasteiger partial charge in [0.05, 0.1) is 23.2 Å². The summed E-state index contributed by atoms with van der Waals surface area (Å²) in [6, 6.07) is 4.57. The maximum atomic E-state index is 12.2. The number of nitro benzene ring substituents is 1. The third-order valence-corrected chi connectivity index (χ3v) is 4.43. The Morgan fingerprint density at radius 2 is 2.04 bits per heavy atom. The number of piperidine rings is 1. The van der Waals surface area contributed by atoms with Crippen LogP contribution in [0.2, 0.25) is 0 Å².